The van der Waals surface area contributed by atoms with E-state index in [0.717, 1.165) is 39.3 Å². The quantitative estimate of drug-likeness (QED) is 0.722. The summed E-state index contributed by atoms with van der Waals surface area (Å²) in [5.41, 5.74) is 0. The van der Waals surface area contributed by atoms with Crippen LogP contribution in [0.4, 0.5) is 0 Å². The first-order valence-corrected chi connectivity index (χ1v) is 10.3. The van der Waals surface area contributed by atoms with Crippen molar-refractivity contribution in [2.24, 2.45) is 0 Å². The van der Waals surface area contributed by atoms with Gasteiger partial charge in [-0.1, -0.05) is 0 Å². The predicted molar refractivity (Wildman–Crippen MR) is 78.7 cm³/mol. The van der Waals surface area contributed by atoms with Crippen LogP contribution in [-0.4, -0.2) is 64.0 Å². The summed E-state index contributed by atoms with van der Waals surface area (Å²) in [4.78, 5) is 0. The Labute approximate surface area is 131 Å². The normalized spacial score (nSPS) is 20.7. The fourth-order valence-corrected chi connectivity index (χ4v) is 5.99. The summed E-state index contributed by atoms with van der Waals surface area (Å²) in [5.74, 6) is 0. The van der Waals surface area contributed by atoms with E-state index in [9.17, 15) is 0 Å². The fourth-order valence-electron chi connectivity index (χ4n) is 2.10. The second-order valence-electron chi connectivity index (χ2n) is 4.46. The van der Waals surface area contributed by atoms with E-state index in [2.05, 4.69) is 14.0 Å². The number of hydrogen-bond acceptors (Lipinski definition) is 6. The molecule has 2 N–H and O–H groups in total. The molecule has 9 heteroatoms. The van der Waals surface area contributed by atoms with Gasteiger partial charge in [0, 0.05) is 0 Å². The smallest absolute Gasteiger partial charge is 0.147 e. The van der Waals surface area contributed by atoms with Gasteiger partial charge in [0.05, 0.1) is 0 Å². The Balaban J connectivity index is 0. The van der Waals surface area contributed by atoms with Crippen LogP contribution in [0.1, 0.15) is 0 Å². The van der Waals surface area contributed by atoms with Gasteiger partial charge >= 0.3 is 107 Å². The standard InChI is InChI=1S/C6H14N3.3CH3O.CH3.2ClH.Ti/c1-2-8-5-6-9-4-3-7-1;3*1-2;;;;/h7-8H,1-6H2;3*1H3;1H3;2*1H;/q4*-1;;;;+4. The van der Waals surface area contributed by atoms with Crippen molar-refractivity contribution in [3.05, 3.63) is 0 Å². The Hall–Kier alpha value is 1.05. The van der Waals surface area contributed by atoms with Crippen LogP contribution in [0.2, 0.25) is 5.23 Å². The van der Waals surface area contributed by atoms with Crippen molar-refractivity contribution in [2.45, 2.75) is 5.23 Å². The Morgan fingerprint density at radius 3 is 1.47 bits per heavy atom. The van der Waals surface area contributed by atoms with Crippen LogP contribution in [0.15, 0.2) is 0 Å². The molecule has 119 valence electrons. The van der Waals surface area contributed by atoms with Gasteiger partial charge in [0.2, 0.25) is 0 Å². The molecule has 0 aromatic rings. The summed E-state index contributed by atoms with van der Waals surface area (Å²) in [7, 11) is 5.03. The number of rotatable bonds is 4. The molecule has 0 aromatic heterocycles. The molecule has 1 rings (SSSR count). The van der Waals surface area contributed by atoms with Crippen LogP contribution in [-0.2, 0) is 26.7 Å². The fraction of sp³-hybridized carbons (Fsp3) is 1.00. The molecule has 0 bridgehead atoms. The van der Waals surface area contributed by atoms with Crippen LogP contribution >= 0.6 is 24.8 Å². The van der Waals surface area contributed by atoms with E-state index >= 15 is 0 Å². The molecular formula is C10H28Cl2N3O3Ti. The monoisotopic (exact) mass is 356 g/mol. The Bertz CT molecular complexity index is 227. The molecule has 1 fully saturated rings. The van der Waals surface area contributed by atoms with Crippen molar-refractivity contribution in [3.63, 3.8) is 0 Å². The van der Waals surface area contributed by atoms with Crippen molar-refractivity contribution < 1.29 is 26.7 Å². The van der Waals surface area contributed by atoms with Crippen LogP contribution in [0.25, 0.3) is 0 Å². The summed E-state index contributed by atoms with van der Waals surface area (Å²) < 4.78 is 19.4. The summed E-state index contributed by atoms with van der Waals surface area (Å²) in [6.45, 7) is 5.59. The van der Waals surface area contributed by atoms with E-state index in [0.29, 0.717) is 0 Å². The largest absolute Gasteiger partial charge is 0.147 e. The van der Waals surface area contributed by atoms with Crippen LogP contribution < -0.4 is 10.6 Å². The molecule has 0 radical (unpaired) electrons. The summed E-state index contributed by atoms with van der Waals surface area (Å²) in [6, 6.07) is 0. The molecule has 0 atom stereocenters. The van der Waals surface area contributed by atoms with Gasteiger partial charge in [-0.25, -0.2) is 0 Å². The van der Waals surface area contributed by atoms with Crippen molar-refractivity contribution in [3.8, 4) is 0 Å². The number of nitrogens with one attached hydrogen (secondary N) is 2. The maximum Gasteiger partial charge on any atom is -0.147 e. The van der Waals surface area contributed by atoms with Gasteiger partial charge in [-0.2, -0.15) is 0 Å². The molecule has 0 amide bonds. The maximum absolute atomic E-state index is 5.72. The van der Waals surface area contributed by atoms with Gasteiger partial charge in [0.15, 0.2) is 0 Å². The first kappa shape index (κ1) is 22.3. The van der Waals surface area contributed by atoms with Crippen molar-refractivity contribution in [2.75, 3.05) is 60.6 Å². The van der Waals surface area contributed by atoms with Gasteiger partial charge in [0.1, 0.15) is 0 Å². The molecular weight excluding hydrogens is 329 g/mol. The van der Waals surface area contributed by atoms with Gasteiger partial charge in [-0.05, 0) is 0 Å². The van der Waals surface area contributed by atoms with E-state index in [1.54, 1.807) is 21.3 Å². The van der Waals surface area contributed by atoms with Gasteiger partial charge < -0.3 is 0 Å². The Morgan fingerprint density at radius 2 is 1.16 bits per heavy atom. The molecule has 0 aromatic carbocycles. The molecule has 1 saturated heterocycles. The van der Waals surface area contributed by atoms with Crippen molar-refractivity contribution >= 4 is 24.8 Å². The Kier molecular flexibility index (Phi) is 11.6. The van der Waals surface area contributed by atoms with E-state index in [4.69, 9.17) is 9.96 Å². The minimum Gasteiger partial charge on any atom is -0.147 e. The van der Waals surface area contributed by atoms with Gasteiger partial charge in [-0.3, -0.25) is 0 Å². The average Bonchev–Trinajstić information content (AvgIpc) is 2.52. The zero-order chi connectivity index (χ0) is 12.8. The molecule has 1 aliphatic rings. The number of halogens is 2. The average molecular weight is 357 g/mol. The SMILES string of the molecule is C[O][Ti]([CH3])([O]C)([O]C)[N]1CCNCCNCC1.Cl.Cl. The van der Waals surface area contributed by atoms with E-state index < -0.39 is 16.7 Å². The van der Waals surface area contributed by atoms with Gasteiger partial charge in [-0.15, -0.1) is 24.8 Å². The topological polar surface area (TPSA) is 55.0 Å². The Morgan fingerprint density at radius 1 is 0.789 bits per heavy atom. The van der Waals surface area contributed by atoms with Gasteiger partial charge in [0.25, 0.3) is 0 Å². The zero-order valence-electron chi connectivity index (χ0n) is 12.2. The van der Waals surface area contributed by atoms with E-state index in [1.807, 2.05) is 5.23 Å². The molecule has 0 aliphatic carbocycles. The van der Waals surface area contributed by atoms with E-state index in [-0.39, 0.29) is 24.8 Å². The molecule has 0 unspecified atom stereocenters. The molecule has 0 saturated carbocycles. The maximum atomic E-state index is 5.72. The minimum absolute atomic E-state index is 0. The number of nitrogens with zero attached hydrogens (tertiary/aromatic N) is 1. The predicted octanol–water partition coefficient (Wildman–Crippen LogP) is 0.662. The van der Waals surface area contributed by atoms with Crippen LogP contribution in [0.3, 0.4) is 0 Å². The molecule has 0 spiro atoms. The molecule has 1 heterocycles. The van der Waals surface area contributed by atoms with Crippen LogP contribution in [0, 0.1) is 0 Å². The first-order valence-electron chi connectivity index (χ1n) is 6.11. The second-order valence-corrected chi connectivity index (χ2v) is 11.6. The summed E-state index contributed by atoms with van der Waals surface area (Å²) >= 11 is -3.87. The number of hydrogen-bond donors (Lipinski definition) is 2. The third-order valence-electron chi connectivity index (χ3n) is 3.69. The molecule has 6 nitrogen and oxygen atoms in total. The zero-order valence-corrected chi connectivity index (χ0v) is 15.4. The van der Waals surface area contributed by atoms with Crippen molar-refractivity contribution in [1.82, 2.24) is 14.0 Å². The van der Waals surface area contributed by atoms with Crippen molar-refractivity contribution in [1.29, 1.82) is 0 Å². The third-order valence-corrected chi connectivity index (χ3v) is 10.9. The first-order chi connectivity index (χ1) is 8.09. The summed E-state index contributed by atoms with van der Waals surface area (Å²) in [6.07, 6.45) is 0. The van der Waals surface area contributed by atoms with Crippen LogP contribution in [0.5, 0.6) is 0 Å². The molecule has 19 heavy (non-hydrogen) atoms. The van der Waals surface area contributed by atoms with E-state index in [1.165, 1.54) is 0 Å². The summed E-state index contributed by atoms with van der Waals surface area (Å²) in [5, 5.41) is 8.75. The third kappa shape index (κ3) is 5.39. The second kappa shape index (κ2) is 9.89. The molecule has 1 aliphatic heterocycles. The minimum atomic E-state index is -3.87.